The molecular formula is C23H33NO5S. The molecule has 1 aliphatic carbocycles. The smallest absolute Gasteiger partial charge is 0.308 e. The van der Waals surface area contributed by atoms with E-state index in [-0.39, 0.29) is 18.0 Å². The van der Waals surface area contributed by atoms with Gasteiger partial charge in [0.2, 0.25) is 0 Å². The molecule has 0 bridgehead atoms. The number of ether oxygens (including phenoxy) is 3. The Morgan fingerprint density at radius 3 is 2.57 bits per heavy atom. The topological polar surface area (TPSA) is 80.2 Å². The highest BCUT2D eigenvalue weighted by Gasteiger charge is 2.37. The Balaban J connectivity index is 1.80. The molecule has 6 nitrogen and oxygen atoms in total. The second-order valence-corrected chi connectivity index (χ2v) is 10.9. The number of carbonyl (C=O) groups is 1. The average molecular weight is 436 g/mol. The maximum Gasteiger partial charge on any atom is 0.308 e. The van der Waals surface area contributed by atoms with Crippen LogP contribution in [0, 0.1) is 11.8 Å². The summed E-state index contributed by atoms with van der Waals surface area (Å²) in [5.41, 5.74) is 1.70. The Morgan fingerprint density at radius 2 is 1.97 bits per heavy atom. The number of hydrogen-bond acceptors (Lipinski definition) is 6. The first kappa shape index (κ1) is 22.9. The molecular weight excluding hydrogens is 402 g/mol. The first-order valence-corrected chi connectivity index (χ1v) is 11.8. The van der Waals surface area contributed by atoms with Crippen LogP contribution in [0.25, 0.3) is 0 Å². The minimum absolute atomic E-state index is 0.0151. The number of hydrogen-bond donors (Lipinski definition) is 0. The lowest BCUT2D eigenvalue weighted by molar-refractivity contribution is -0.149. The van der Waals surface area contributed by atoms with Gasteiger partial charge in [-0.3, -0.25) is 4.79 Å². The summed E-state index contributed by atoms with van der Waals surface area (Å²) in [5.74, 6) is 1.67. The van der Waals surface area contributed by atoms with Crippen molar-refractivity contribution < 1.29 is 23.6 Å². The lowest BCUT2D eigenvalue weighted by Crippen LogP contribution is -2.38. The van der Waals surface area contributed by atoms with Gasteiger partial charge in [0.25, 0.3) is 0 Å². The van der Waals surface area contributed by atoms with Gasteiger partial charge in [0.15, 0.2) is 0 Å². The molecule has 0 unspecified atom stereocenters. The SMILES string of the molecule is CCOC(=O)C1CCC([C@H]2C/C(=N\[S@+]([O-])C(C)(C)C)c3ccc(OC)cc3O2)CC1. The molecule has 30 heavy (non-hydrogen) atoms. The van der Waals surface area contributed by atoms with Gasteiger partial charge >= 0.3 is 5.97 Å². The van der Waals surface area contributed by atoms with E-state index < -0.39 is 16.1 Å². The largest absolute Gasteiger partial charge is 0.591 e. The minimum Gasteiger partial charge on any atom is -0.591 e. The number of carbonyl (C=O) groups excluding carboxylic acids is 1. The molecule has 1 aliphatic heterocycles. The third kappa shape index (κ3) is 5.30. The molecule has 0 N–H and O–H groups in total. The van der Waals surface area contributed by atoms with Crippen LogP contribution in [0.1, 0.15) is 65.4 Å². The number of methoxy groups -OCH3 is 1. The van der Waals surface area contributed by atoms with E-state index in [0.717, 1.165) is 48.5 Å². The summed E-state index contributed by atoms with van der Waals surface area (Å²) >= 11 is -1.34. The van der Waals surface area contributed by atoms with Gasteiger partial charge in [-0.25, -0.2) is 0 Å². The fourth-order valence-electron chi connectivity index (χ4n) is 4.04. The molecule has 2 atom stereocenters. The summed E-state index contributed by atoms with van der Waals surface area (Å²) in [6, 6.07) is 5.69. The summed E-state index contributed by atoms with van der Waals surface area (Å²) in [5, 5.41) is 0. The normalized spacial score (nSPS) is 26.5. The van der Waals surface area contributed by atoms with E-state index in [1.54, 1.807) is 7.11 Å². The van der Waals surface area contributed by atoms with Crippen molar-refractivity contribution in [1.29, 1.82) is 0 Å². The first-order chi connectivity index (χ1) is 14.2. The highest BCUT2D eigenvalue weighted by molar-refractivity contribution is 7.91. The first-order valence-electron chi connectivity index (χ1n) is 10.7. The standard InChI is InChI=1S/C23H33NO5S/c1-6-28-22(25)16-9-7-15(8-10-16)20-14-19(24-30(26)23(2,3)4)18-12-11-17(27-5)13-21(18)29-20/h11-13,15-16,20H,6-10,14H2,1-5H3/b24-19+/t15?,16?,20-,30-/m1/s1. The quantitative estimate of drug-likeness (QED) is 0.504. The Bertz CT molecular complexity index is 780. The molecule has 1 aromatic carbocycles. The molecule has 0 amide bonds. The lowest BCUT2D eigenvalue weighted by atomic mass is 9.77. The van der Waals surface area contributed by atoms with Crippen LogP contribution in [0.5, 0.6) is 11.5 Å². The van der Waals surface area contributed by atoms with Crippen molar-refractivity contribution in [2.24, 2.45) is 16.2 Å². The zero-order valence-electron chi connectivity index (χ0n) is 18.6. The Kier molecular flexibility index (Phi) is 7.34. The van der Waals surface area contributed by atoms with Crippen LogP contribution in [-0.4, -0.2) is 40.8 Å². The fraction of sp³-hybridized carbons (Fsp3) is 0.652. The highest BCUT2D eigenvalue weighted by atomic mass is 32.2. The van der Waals surface area contributed by atoms with Crippen LogP contribution < -0.4 is 9.47 Å². The molecule has 1 aromatic rings. The molecule has 2 aliphatic rings. The number of rotatable bonds is 5. The molecule has 1 fully saturated rings. The second kappa shape index (κ2) is 9.60. The van der Waals surface area contributed by atoms with Gasteiger partial charge in [-0.15, -0.1) is 0 Å². The summed E-state index contributed by atoms with van der Waals surface area (Å²) in [7, 11) is 1.63. The third-order valence-electron chi connectivity index (χ3n) is 5.81. The van der Waals surface area contributed by atoms with Crippen LogP contribution in [0.4, 0.5) is 0 Å². The van der Waals surface area contributed by atoms with E-state index in [1.165, 1.54) is 0 Å². The van der Waals surface area contributed by atoms with Gasteiger partial charge in [0.1, 0.15) is 39.4 Å². The number of benzene rings is 1. The van der Waals surface area contributed by atoms with Crippen LogP contribution >= 0.6 is 0 Å². The highest BCUT2D eigenvalue weighted by Crippen LogP contribution is 2.40. The number of fused-ring (bicyclic) bond motifs is 1. The van der Waals surface area contributed by atoms with Crippen molar-refractivity contribution in [1.82, 2.24) is 0 Å². The zero-order chi connectivity index (χ0) is 21.9. The second-order valence-electron chi connectivity index (χ2n) is 8.99. The van der Waals surface area contributed by atoms with E-state index in [0.29, 0.717) is 18.9 Å². The van der Waals surface area contributed by atoms with Crippen molar-refractivity contribution in [3.63, 3.8) is 0 Å². The Morgan fingerprint density at radius 1 is 1.27 bits per heavy atom. The molecule has 1 heterocycles. The molecule has 7 heteroatoms. The van der Waals surface area contributed by atoms with E-state index in [2.05, 4.69) is 4.40 Å². The molecule has 3 rings (SSSR count). The number of nitrogens with zero attached hydrogens (tertiary/aromatic N) is 1. The summed E-state index contributed by atoms with van der Waals surface area (Å²) < 4.78 is 33.9. The van der Waals surface area contributed by atoms with E-state index in [1.807, 2.05) is 45.9 Å². The Hall–Kier alpha value is -1.73. The maximum atomic E-state index is 12.7. The van der Waals surface area contributed by atoms with E-state index in [9.17, 15) is 9.35 Å². The fourth-order valence-corrected chi connectivity index (χ4v) is 4.69. The van der Waals surface area contributed by atoms with Crippen molar-refractivity contribution in [3.05, 3.63) is 23.8 Å². The van der Waals surface area contributed by atoms with Crippen molar-refractivity contribution in [2.75, 3.05) is 13.7 Å². The molecule has 0 saturated heterocycles. The van der Waals surface area contributed by atoms with Gasteiger partial charge in [0.05, 0.1) is 19.6 Å². The molecule has 166 valence electrons. The summed E-state index contributed by atoms with van der Waals surface area (Å²) in [4.78, 5) is 12.1. The van der Waals surface area contributed by atoms with Gasteiger partial charge in [-0.2, -0.15) is 0 Å². The minimum atomic E-state index is -1.34. The Labute approximate surface area is 182 Å². The lowest BCUT2D eigenvalue weighted by Gasteiger charge is -2.36. The average Bonchev–Trinajstić information content (AvgIpc) is 2.72. The van der Waals surface area contributed by atoms with Crippen LogP contribution in [-0.2, 0) is 20.9 Å². The monoisotopic (exact) mass is 435 g/mol. The molecule has 0 radical (unpaired) electrons. The van der Waals surface area contributed by atoms with Gasteiger partial charge < -0.3 is 18.8 Å². The van der Waals surface area contributed by atoms with Crippen molar-refractivity contribution in [2.45, 2.75) is 70.7 Å². The maximum absolute atomic E-state index is 12.7. The van der Waals surface area contributed by atoms with Crippen LogP contribution in [0.2, 0.25) is 0 Å². The van der Waals surface area contributed by atoms with Gasteiger partial charge in [-0.05, 0) is 71.4 Å². The van der Waals surface area contributed by atoms with Crippen molar-refractivity contribution >= 4 is 23.0 Å². The zero-order valence-corrected chi connectivity index (χ0v) is 19.4. The van der Waals surface area contributed by atoms with E-state index in [4.69, 9.17) is 14.2 Å². The molecule has 0 spiro atoms. The van der Waals surface area contributed by atoms with Gasteiger partial charge in [0, 0.05) is 18.1 Å². The van der Waals surface area contributed by atoms with Gasteiger partial charge in [-0.1, -0.05) is 4.40 Å². The third-order valence-corrected chi connectivity index (χ3v) is 7.24. The van der Waals surface area contributed by atoms with Crippen LogP contribution in [0.3, 0.4) is 0 Å². The predicted octanol–water partition coefficient (Wildman–Crippen LogP) is 4.47. The number of esters is 1. The van der Waals surface area contributed by atoms with Crippen LogP contribution in [0.15, 0.2) is 22.6 Å². The molecule has 1 saturated carbocycles. The van der Waals surface area contributed by atoms with E-state index >= 15 is 0 Å². The molecule has 0 aromatic heterocycles. The predicted molar refractivity (Wildman–Crippen MR) is 119 cm³/mol. The summed E-state index contributed by atoms with van der Waals surface area (Å²) in [6.07, 6.45) is 4.01. The summed E-state index contributed by atoms with van der Waals surface area (Å²) in [6.45, 7) is 8.04. The van der Waals surface area contributed by atoms with Crippen molar-refractivity contribution in [3.8, 4) is 11.5 Å².